The molecule has 0 spiro atoms. The lowest BCUT2D eigenvalue weighted by atomic mass is 10.2. The van der Waals surface area contributed by atoms with E-state index in [-0.39, 0.29) is 5.69 Å². The maximum atomic E-state index is 11.0. The Hall–Kier alpha value is -2.44. The van der Waals surface area contributed by atoms with Gasteiger partial charge in [0.05, 0.1) is 4.92 Å². The number of aryl methyl sites for hydroxylation is 2. The van der Waals surface area contributed by atoms with Crippen molar-refractivity contribution in [1.82, 2.24) is 14.8 Å². The summed E-state index contributed by atoms with van der Waals surface area (Å²) >= 11 is 0. The minimum absolute atomic E-state index is 0.0431. The van der Waals surface area contributed by atoms with E-state index >= 15 is 0 Å². The van der Waals surface area contributed by atoms with Crippen molar-refractivity contribution in [2.75, 3.05) is 11.9 Å². The van der Waals surface area contributed by atoms with Crippen LogP contribution in [0.5, 0.6) is 0 Å². The summed E-state index contributed by atoms with van der Waals surface area (Å²) in [6.45, 7) is 3.07. The number of rotatable bonds is 6. The first kappa shape index (κ1) is 13.0. The van der Waals surface area contributed by atoms with Crippen LogP contribution in [0, 0.1) is 17.0 Å². The van der Waals surface area contributed by atoms with Gasteiger partial charge in [-0.05, 0) is 25.5 Å². The van der Waals surface area contributed by atoms with Crippen molar-refractivity contribution in [3.63, 3.8) is 0 Å². The van der Waals surface area contributed by atoms with Crippen LogP contribution in [0.2, 0.25) is 0 Å². The largest absolute Gasteiger partial charge is 0.364 e. The maximum Gasteiger partial charge on any atom is 0.314 e. The number of hydrogen-bond acceptors (Lipinski definition) is 5. The van der Waals surface area contributed by atoms with Crippen molar-refractivity contribution >= 4 is 11.5 Å². The molecule has 0 aliphatic rings. The van der Waals surface area contributed by atoms with E-state index in [0.717, 1.165) is 13.0 Å². The van der Waals surface area contributed by atoms with Crippen LogP contribution in [0.4, 0.5) is 11.5 Å². The second-order valence-corrected chi connectivity index (χ2v) is 4.13. The average Bonchev–Trinajstić information content (AvgIpc) is 2.87. The molecule has 7 nitrogen and oxygen atoms in total. The lowest BCUT2D eigenvalue weighted by Gasteiger charge is -2.07. The van der Waals surface area contributed by atoms with Gasteiger partial charge in [-0.1, -0.05) is 0 Å². The number of nitro groups is 1. The zero-order chi connectivity index (χ0) is 13.7. The third kappa shape index (κ3) is 3.27. The van der Waals surface area contributed by atoms with Gasteiger partial charge in [-0.15, -0.1) is 0 Å². The van der Waals surface area contributed by atoms with Crippen LogP contribution in [-0.4, -0.2) is 26.2 Å². The molecule has 0 saturated heterocycles. The number of anilines is 1. The van der Waals surface area contributed by atoms with E-state index in [0.29, 0.717) is 17.9 Å². The minimum Gasteiger partial charge on any atom is -0.364 e. The molecule has 0 unspecified atom stereocenters. The quantitative estimate of drug-likeness (QED) is 0.488. The third-order valence-electron chi connectivity index (χ3n) is 2.72. The van der Waals surface area contributed by atoms with Gasteiger partial charge in [0.15, 0.2) is 0 Å². The molecule has 0 aliphatic carbocycles. The van der Waals surface area contributed by atoms with Crippen LogP contribution in [0.15, 0.2) is 30.7 Å². The fraction of sp³-hybridized carbons (Fsp3) is 0.333. The monoisotopic (exact) mass is 261 g/mol. The highest BCUT2D eigenvalue weighted by atomic mass is 16.6. The van der Waals surface area contributed by atoms with Crippen LogP contribution < -0.4 is 5.32 Å². The van der Waals surface area contributed by atoms with Crippen molar-refractivity contribution < 1.29 is 4.92 Å². The maximum absolute atomic E-state index is 11.0. The lowest BCUT2D eigenvalue weighted by molar-refractivity contribution is -0.384. The van der Waals surface area contributed by atoms with Gasteiger partial charge in [0, 0.05) is 37.2 Å². The second kappa shape index (κ2) is 5.94. The number of nitrogens with zero attached hydrogens (tertiary/aromatic N) is 4. The van der Waals surface area contributed by atoms with Crippen molar-refractivity contribution in [3.05, 3.63) is 46.4 Å². The summed E-state index contributed by atoms with van der Waals surface area (Å²) in [4.78, 5) is 14.6. The van der Waals surface area contributed by atoms with Crippen molar-refractivity contribution in [1.29, 1.82) is 0 Å². The Kier molecular flexibility index (Phi) is 4.07. The number of hydrogen-bond donors (Lipinski definition) is 1. The smallest absolute Gasteiger partial charge is 0.314 e. The number of aromatic nitrogens is 3. The van der Waals surface area contributed by atoms with E-state index in [1.807, 2.05) is 16.9 Å². The van der Waals surface area contributed by atoms with Crippen molar-refractivity contribution in [3.8, 4) is 0 Å². The summed E-state index contributed by atoms with van der Waals surface area (Å²) in [6, 6.07) is 3.49. The third-order valence-corrected chi connectivity index (χ3v) is 2.72. The Morgan fingerprint density at radius 1 is 1.47 bits per heavy atom. The second-order valence-electron chi connectivity index (χ2n) is 4.13. The summed E-state index contributed by atoms with van der Waals surface area (Å²) in [7, 11) is 0. The van der Waals surface area contributed by atoms with E-state index in [1.54, 1.807) is 25.4 Å². The zero-order valence-corrected chi connectivity index (χ0v) is 10.6. The Balaban J connectivity index is 1.92. The topological polar surface area (TPSA) is 85.9 Å². The standard InChI is InChI=1S/C12H15N5O2/c1-10-4-7-14-12(11(10)17(18)19)13-5-2-8-16-9-3-6-15-16/h3-4,6-7,9H,2,5,8H2,1H3,(H,13,14). The van der Waals surface area contributed by atoms with E-state index in [4.69, 9.17) is 0 Å². The predicted molar refractivity (Wildman–Crippen MR) is 71.0 cm³/mol. The van der Waals surface area contributed by atoms with Crippen LogP contribution in [0.3, 0.4) is 0 Å². The summed E-state index contributed by atoms with van der Waals surface area (Å²) in [6.07, 6.45) is 5.99. The lowest BCUT2D eigenvalue weighted by Crippen LogP contribution is -2.10. The Labute approximate surface area is 110 Å². The SMILES string of the molecule is Cc1ccnc(NCCCn2cccn2)c1[N+](=O)[O-]. The van der Waals surface area contributed by atoms with Crippen molar-refractivity contribution in [2.45, 2.75) is 19.9 Å². The van der Waals surface area contributed by atoms with E-state index in [2.05, 4.69) is 15.4 Å². The Bertz CT molecular complexity index is 553. The van der Waals surface area contributed by atoms with Crippen LogP contribution in [-0.2, 0) is 6.54 Å². The van der Waals surface area contributed by atoms with Gasteiger partial charge in [-0.3, -0.25) is 14.8 Å². The van der Waals surface area contributed by atoms with Gasteiger partial charge in [0.1, 0.15) is 0 Å². The van der Waals surface area contributed by atoms with Crippen LogP contribution in [0.25, 0.3) is 0 Å². The first-order valence-corrected chi connectivity index (χ1v) is 6.00. The number of pyridine rings is 1. The normalized spacial score (nSPS) is 10.4. The molecule has 2 aromatic rings. The Morgan fingerprint density at radius 3 is 3.00 bits per heavy atom. The molecule has 0 aromatic carbocycles. The highest BCUT2D eigenvalue weighted by Gasteiger charge is 2.17. The highest BCUT2D eigenvalue weighted by molar-refractivity contribution is 5.59. The minimum atomic E-state index is -0.405. The fourth-order valence-electron chi connectivity index (χ4n) is 1.79. The fourth-order valence-corrected chi connectivity index (χ4v) is 1.79. The average molecular weight is 261 g/mol. The van der Waals surface area contributed by atoms with Crippen LogP contribution in [0.1, 0.15) is 12.0 Å². The molecule has 0 aliphatic heterocycles. The van der Waals surface area contributed by atoms with Gasteiger partial charge in [-0.2, -0.15) is 5.10 Å². The van der Waals surface area contributed by atoms with E-state index in [1.165, 1.54) is 0 Å². The highest BCUT2D eigenvalue weighted by Crippen LogP contribution is 2.25. The molecule has 2 rings (SSSR count). The summed E-state index contributed by atoms with van der Waals surface area (Å²) in [5.74, 6) is 0.325. The summed E-state index contributed by atoms with van der Waals surface area (Å²) in [5, 5.41) is 18.1. The van der Waals surface area contributed by atoms with Gasteiger partial charge in [0.2, 0.25) is 5.82 Å². The molecule has 2 aromatic heterocycles. The van der Waals surface area contributed by atoms with Crippen molar-refractivity contribution in [2.24, 2.45) is 0 Å². The molecule has 19 heavy (non-hydrogen) atoms. The molecule has 2 heterocycles. The molecule has 0 radical (unpaired) electrons. The molecule has 0 bridgehead atoms. The van der Waals surface area contributed by atoms with E-state index < -0.39 is 4.92 Å². The van der Waals surface area contributed by atoms with Gasteiger partial charge < -0.3 is 5.32 Å². The summed E-state index contributed by atoms with van der Waals surface area (Å²) in [5.41, 5.74) is 0.649. The van der Waals surface area contributed by atoms with Crippen LogP contribution >= 0.6 is 0 Å². The molecule has 0 amide bonds. The van der Waals surface area contributed by atoms with E-state index in [9.17, 15) is 10.1 Å². The molecule has 0 atom stereocenters. The predicted octanol–water partition coefficient (Wildman–Crippen LogP) is 2.00. The molecule has 1 N–H and O–H groups in total. The molecular weight excluding hydrogens is 246 g/mol. The molecule has 0 fully saturated rings. The molecule has 7 heteroatoms. The van der Waals surface area contributed by atoms with Gasteiger partial charge in [-0.25, -0.2) is 4.98 Å². The first-order valence-electron chi connectivity index (χ1n) is 6.00. The zero-order valence-electron chi connectivity index (χ0n) is 10.6. The first-order chi connectivity index (χ1) is 9.18. The van der Waals surface area contributed by atoms with Gasteiger partial charge in [0.25, 0.3) is 0 Å². The Morgan fingerprint density at radius 2 is 2.32 bits per heavy atom. The molecule has 0 saturated carbocycles. The summed E-state index contributed by atoms with van der Waals surface area (Å²) < 4.78 is 1.82. The number of nitrogens with one attached hydrogen (secondary N) is 1. The molecule has 100 valence electrons. The molecular formula is C12H15N5O2. The van der Waals surface area contributed by atoms with Gasteiger partial charge >= 0.3 is 5.69 Å².